The van der Waals surface area contributed by atoms with E-state index in [0.29, 0.717) is 5.92 Å². The molecule has 0 N–H and O–H groups in total. The lowest BCUT2D eigenvalue weighted by atomic mass is 9.98. The molecule has 0 aromatic heterocycles. The van der Waals surface area contributed by atoms with Gasteiger partial charge in [0.05, 0.1) is 0 Å². The number of alkyl halides is 1. The first-order chi connectivity index (χ1) is 6.63. The molecule has 0 saturated carbocycles. The van der Waals surface area contributed by atoms with Crippen LogP contribution in [-0.2, 0) is 6.42 Å². The Bertz CT molecular complexity index is 261. The topological polar surface area (TPSA) is 0 Å². The van der Waals surface area contributed by atoms with Crippen LogP contribution in [0.1, 0.15) is 37.8 Å². The highest BCUT2D eigenvalue weighted by Gasteiger charge is 2.02. The molecule has 0 amide bonds. The van der Waals surface area contributed by atoms with Gasteiger partial charge in [-0.1, -0.05) is 61.0 Å². The first kappa shape index (κ1) is 11.8. The minimum Gasteiger partial charge on any atom is -0.0925 e. The van der Waals surface area contributed by atoms with Crippen molar-refractivity contribution in [2.24, 2.45) is 5.92 Å². The van der Waals surface area contributed by atoms with E-state index in [1.54, 1.807) is 0 Å². The molecule has 1 aromatic carbocycles. The van der Waals surface area contributed by atoms with Gasteiger partial charge in [0, 0.05) is 5.33 Å². The Morgan fingerprint density at radius 1 is 1.07 bits per heavy atom. The molecular formula is C13H19Br. The van der Waals surface area contributed by atoms with Crippen LogP contribution in [0.3, 0.4) is 0 Å². The van der Waals surface area contributed by atoms with E-state index in [1.807, 2.05) is 0 Å². The van der Waals surface area contributed by atoms with Crippen LogP contribution in [0, 0.1) is 5.92 Å². The van der Waals surface area contributed by atoms with Crippen molar-refractivity contribution in [2.75, 3.05) is 5.33 Å². The van der Waals surface area contributed by atoms with Gasteiger partial charge in [0.25, 0.3) is 0 Å². The lowest BCUT2D eigenvalue weighted by Crippen LogP contribution is -2.00. The third-order valence-corrected chi connectivity index (χ3v) is 3.60. The SMILES string of the molecule is CC(CBr)Cc1ccc(C(C)C)cc1. The van der Waals surface area contributed by atoms with Gasteiger partial charge >= 0.3 is 0 Å². The van der Waals surface area contributed by atoms with Crippen LogP contribution < -0.4 is 0 Å². The van der Waals surface area contributed by atoms with E-state index < -0.39 is 0 Å². The third-order valence-electron chi connectivity index (χ3n) is 2.49. The molecule has 0 aliphatic rings. The van der Waals surface area contributed by atoms with Crippen molar-refractivity contribution in [1.29, 1.82) is 0 Å². The molecule has 1 atom stereocenters. The Balaban J connectivity index is 2.64. The maximum absolute atomic E-state index is 3.51. The van der Waals surface area contributed by atoms with Gasteiger partial charge in [-0.2, -0.15) is 0 Å². The molecular weight excluding hydrogens is 236 g/mol. The highest BCUT2D eigenvalue weighted by Crippen LogP contribution is 2.17. The Labute approximate surface area is 95.9 Å². The number of benzene rings is 1. The van der Waals surface area contributed by atoms with Crippen molar-refractivity contribution in [2.45, 2.75) is 33.1 Å². The highest BCUT2D eigenvalue weighted by molar-refractivity contribution is 9.09. The van der Waals surface area contributed by atoms with E-state index in [2.05, 4.69) is 61.0 Å². The monoisotopic (exact) mass is 254 g/mol. The van der Waals surface area contributed by atoms with Gasteiger partial charge in [-0.3, -0.25) is 0 Å². The third kappa shape index (κ3) is 3.45. The number of hydrogen-bond donors (Lipinski definition) is 0. The van der Waals surface area contributed by atoms with E-state index >= 15 is 0 Å². The van der Waals surface area contributed by atoms with Crippen LogP contribution >= 0.6 is 15.9 Å². The van der Waals surface area contributed by atoms with Gasteiger partial charge in [0.1, 0.15) is 0 Å². The quantitative estimate of drug-likeness (QED) is 0.700. The second-order valence-corrected chi connectivity index (χ2v) is 5.01. The van der Waals surface area contributed by atoms with E-state index in [1.165, 1.54) is 17.5 Å². The molecule has 1 rings (SSSR count). The number of hydrogen-bond acceptors (Lipinski definition) is 0. The summed E-state index contributed by atoms with van der Waals surface area (Å²) in [7, 11) is 0. The van der Waals surface area contributed by atoms with Gasteiger partial charge in [0.2, 0.25) is 0 Å². The van der Waals surface area contributed by atoms with Gasteiger partial charge in [-0.15, -0.1) is 0 Å². The van der Waals surface area contributed by atoms with E-state index in [9.17, 15) is 0 Å². The van der Waals surface area contributed by atoms with E-state index in [-0.39, 0.29) is 0 Å². The molecule has 0 radical (unpaired) electrons. The highest BCUT2D eigenvalue weighted by atomic mass is 79.9. The van der Waals surface area contributed by atoms with Crippen molar-refractivity contribution in [3.05, 3.63) is 35.4 Å². The molecule has 0 spiro atoms. The van der Waals surface area contributed by atoms with Crippen molar-refractivity contribution < 1.29 is 0 Å². The van der Waals surface area contributed by atoms with Gasteiger partial charge < -0.3 is 0 Å². The zero-order chi connectivity index (χ0) is 10.6. The standard InChI is InChI=1S/C13H19Br/c1-10(2)13-6-4-12(5-7-13)8-11(3)9-14/h4-7,10-11H,8-9H2,1-3H3. The second kappa shape index (κ2) is 5.55. The Hall–Kier alpha value is -0.300. The Morgan fingerprint density at radius 3 is 2.07 bits per heavy atom. The summed E-state index contributed by atoms with van der Waals surface area (Å²) < 4.78 is 0. The number of rotatable bonds is 4. The van der Waals surface area contributed by atoms with Gasteiger partial charge in [-0.25, -0.2) is 0 Å². The minimum atomic E-state index is 0.637. The van der Waals surface area contributed by atoms with Crippen molar-refractivity contribution >= 4 is 15.9 Å². The summed E-state index contributed by atoms with van der Waals surface area (Å²) in [6, 6.07) is 9.02. The minimum absolute atomic E-state index is 0.637. The maximum Gasteiger partial charge on any atom is 0.00602 e. The summed E-state index contributed by atoms with van der Waals surface area (Å²) in [4.78, 5) is 0. The molecule has 0 fully saturated rings. The van der Waals surface area contributed by atoms with Crippen LogP contribution in [0.25, 0.3) is 0 Å². The molecule has 0 aliphatic heterocycles. The first-order valence-electron chi connectivity index (χ1n) is 5.28. The fourth-order valence-electron chi connectivity index (χ4n) is 1.50. The molecule has 14 heavy (non-hydrogen) atoms. The Kier molecular flexibility index (Phi) is 4.67. The molecule has 0 nitrogen and oxygen atoms in total. The Morgan fingerprint density at radius 2 is 1.64 bits per heavy atom. The zero-order valence-electron chi connectivity index (χ0n) is 9.26. The van der Waals surface area contributed by atoms with Crippen molar-refractivity contribution in [1.82, 2.24) is 0 Å². The van der Waals surface area contributed by atoms with Crippen LogP contribution in [-0.4, -0.2) is 5.33 Å². The summed E-state index contributed by atoms with van der Waals surface area (Å²) in [5, 5.41) is 1.08. The molecule has 1 aromatic rings. The average molecular weight is 255 g/mol. The number of halogens is 1. The lowest BCUT2D eigenvalue weighted by molar-refractivity contribution is 0.663. The first-order valence-corrected chi connectivity index (χ1v) is 6.40. The van der Waals surface area contributed by atoms with Gasteiger partial charge in [-0.05, 0) is 29.4 Å². The average Bonchev–Trinajstić information content (AvgIpc) is 2.18. The van der Waals surface area contributed by atoms with Crippen molar-refractivity contribution in [3.8, 4) is 0 Å². The molecule has 1 heteroatoms. The predicted octanol–water partition coefficient (Wildman–Crippen LogP) is 4.38. The molecule has 78 valence electrons. The summed E-state index contributed by atoms with van der Waals surface area (Å²) >= 11 is 3.51. The molecule has 1 unspecified atom stereocenters. The van der Waals surface area contributed by atoms with Crippen molar-refractivity contribution in [3.63, 3.8) is 0 Å². The normalized spacial score (nSPS) is 13.2. The fourth-order valence-corrected chi connectivity index (χ4v) is 1.72. The van der Waals surface area contributed by atoms with Crippen LogP contribution in [0.5, 0.6) is 0 Å². The molecule has 0 saturated heterocycles. The summed E-state index contributed by atoms with van der Waals surface area (Å²) in [6.07, 6.45) is 1.17. The zero-order valence-corrected chi connectivity index (χ0v) is 10.8. The van der Waals surface area contributed by atoms with Gasteiger partial charge in [0.15, 0.2) is 0 Å². The van der Waals surface area contributed by atoms with Crippen LogP contribution in [0.2, 0.25) is 0 Å². The molecule has 0 heterocycles. The molecule has 0 aliphatic carbocycles. The van der Waals surface area contributed by atoms with Crippen LogP contribution in [0.4, 0.5) is 0 Å². The fraction of sp³-hybridized carbons (Fsp3) is 0.538. The maximum atomic E-state index is 3.51. The largest absolute Gasteiger partial charge is 0.0925 e. The summed E-state index contributed by atoms with van der Waals surface area (Å²) in [5.41, 5.74) is 2.88. The van der Waals surface area contributed by atoms with Crippen LogP contribution in [0.15, 0.2) is 24.3 Å². The predicted molar refractivity (Wildman–Crippen MR) is 67.2 cm³/mol. The molecule has 0 bridgehead atoms. The lowest BCUT2D eigenvalue weighted by Gasteiger charge is -2.09. The van der Waals surface area contributed by atoms with E-state index in [4.69, 9.17) is 0 Å². The second-order valence-electron chi connectivity index (χ2n) is 4.36. The summed E-state index contributed by atoms with van der Waals surface area (Å²) in [5.74, 6) is 1.36. The summed E-state index contributed by atoms with van der Waals surface area (Å²) in [6.45, 7) is 6.73. The smallest absolute Gasteiger partial charge is 0.00602 e. The van der Waals surface area contributed by atoms with E-state index in [0.717, 1.165) is 11.2 Å².